The Bertz CT molecular complexity index is 1460. The number of carbonyl (C=O) groups excluding carboxylic acids is 2. The van der Waals surface area contributed by atoms with Crippen LogP contribution in [0, 0.1) is 24.0 Å². The SMILES string of the molecule is Cc1ccc(NC(=O)C(Sc2cccc(NC(=O)c3cccc([N+](=O)[O-])c3)c2)c2ccccc2)c(C)c1. The lowest BCUT2D eigenvalue weighted by molar-refractivity contribution is -0.384. The van der Waals surface area contributed by atoms with Gasteiger partial charge in [0.2, 0.25) is 5.91 Å². The third-order valence-corrected chi connectivity index (χ3v) is 6.89. The molecular formula is C29H25N3O4S. The van der Waals surface area contributed by atoms with Crippen LogP contribution in [-0.2, 0) is 4.79 Å². The molecule has 0 saturated carbocycles. The summed E-state index contributed by atoms with van der Waals surface area (Å²) < 4.78 is 0. The molecule has 0 bridgehead atoms. The molecule has 186 valence electrons. The smallest absolute Gasteiger partial charge is 0.270 e. The Labute approximate surface area is 219 Å². The van der Waals surface area contributed by atoms with Gasteiger partial charge in [0.1, 0.15) is 5.25 Å². The first-order valence-electron chi connectivity index (χ1n) is 11.6. The summed E-state index contributed by atoms with van der Waals surface area (Å²) in [7, 11) is 0. The number of anilines is 2. The molecule has 4 rings (SSSR count). The molecule has 0 saturated heterocycles. The van der Waals surface area contributed by atoms with E-state index in [1.165, 1.54) is 36.0 Å². The van der Waals surface area contributed by atoms with Crippen molar-refractivity contribution in [1.82, 2.24) is 0 Å². The molecule has 0 radical (unpaired) electrons. The molecule has 37 heavy (non-hydrogen) atoms. The van der Waals surface area contributed by atoms with Gasteiger partial charge in [0.05, 0.1) is 4.92 Å². The van der Waals surface area contributed by atoms with Crippen LogP contribution in [0.2, 0.25) is 0 Å². The molecule has 0 aromatic heterocycles. The Morgan fingerprint density at radius 2 is 1.59 bits per heavy atom. The normalized spacial score (nSPS) is 11.4. The Kier molecular flexibility index (Phi) is 8.00. The Morgan fingerprint density at radius 1 is 0.838 bits per heavy atom. The van der Waals surface area contributed by atoms with Crippen LogP contribution in [0.3, 0.4) is 0 Å². The number of thioether (sulfide) groups is 1. The Balaban J connectivity index is 1.55. The molecule has 0 aliphatic carbocycles. The summed E-state index contributed by atoms with van der Waals surface area (Å²) in [5.74, 6) is -0.618. The van der Waals surface area contributed by atoms with Gasteiger partial charge in [-0.2, -0.15) is 0 Å². The van der Waals surface area contributed by atoms with Gasteiger partial charge in [-0.15, -0.1) is 11.8 Å². The molecule has 0 fully saturated rings. The fraction of sp³-hybridized carbons (Fsp3) is 0.103. The van der Waals surface area contributed by atoms with Crippen molar-refractivity contribution in [2.24, 2.45) is 0 Å². The second-order valence-electron chi connectivity index (χ2n) is 8.51. The lowest BCUT2D eigenvalue weighted by atomic mass is 10.1. The molecule has 7 nitrogen and oxygen atoms in total. The Hall–Kier alpha value is -4.43. The van der Waals surface area contributed by atoms with E-state index in [0.717, 1.165) is 27.3 Å². The summed E-state index contributed by atoms with van der Waals surface area (Å²) in [6.07, 6.45) is 0. The number of rotatable bonds is 8. The largest absolute Gasteiger partial charge is 0.325 e. The maximum absolute atomic E-state index is 13.4. The highest BCUT2D eigenvalue weighted by molar-refractivity contribution is 8.00. The first kappa shape index (κ1) is 25.7. The van der Waals surface area contributed by atoms with Crippen LogP contribution in [0.5, 0.6) is 0 Å². The fourth-order valence-electron chi connectivity index (χ4n) is 3.80. The minimum absolute atomic E-state index is 0.155. The second-order valence-corrected chi connectivity index (χ2v) is 9.68. The first-order chi connectivity index (χ1) is 17.8. The number of hydrogen-bond donors (Lipinski definition) is 2. The van der Waals surface area contributed by atoms with E-state index >= 15 is 0 Å². The molecule has 8 heteroatoms. The predicted octanol–water partition coefficient (Wildman–Crippen LogP) is 6.94. The van der Waals surface area contributed by atoms with Crippen molar-refractivity contribution in [2.75, 3.05) is 10.6 Å². The molecule has 0 spiro atoms. The highest BCUT2D eigenvalue weighted by Crippen LogP contribution is 2.37. The van der Waals surface area contributed by atoms with Crippen molar-refractivity contribution < 1.29 is 14.5 Å². The summed E-state index contributed by atoms with van der Waals surface area (Å²) in [5.41, 5.74) is 4.25. The number of aryl methyl sites for hydroxylation is 2. The zero-order valence-electron chi connectivity index (χ0n) is 20.3. The minimum atomic E-state index is -0.541. The van der Waals surface area contributed by atoms with Crippen LogP contribution >= 0.6 is 11.8 Å². The monoisotopic (exact) mass is 511 g/mol. The van der Waals surface area contributed by atoms with Crippen molar-refractivity contribution in [3.05, 3.63) is 129 Å². The first-order valence-corrected chi connectivity index (χ1v) is 12.4. The average Bonchev–Trinajstić information content (AvgIpc) is 2.89. The van der Waals surface area contributed by atoms with Gasteiger partial charge in [-0.1, -0.05) is 60.2 Å². The van der Waals surface area contributed by atoms with Crippen molar-refractivity contribution in [3.63, 3.8) is 0 Å². The summed E-state index contributed by atoms with van der Waals surface area (Å²) in [6, 6.07) is 28.1. The topological polar surface area (TPSA) is 101 Å². The number of amides is 2. The third kappa shape index (κ3) is 6.62. The summed E-state index contributed by atoms with van der Waals surface area (Å²) in [5, 5.41) is 16.3. The molecule has 4 aromatic rings. The maximum atomic E-state index is 13.4. The van der Waals surface area contributed by atoms with E-state index in [2.05, 4.69) is 10.6 Å². The van der Waals surface area contributed by atoms with E-state index in [1.807, 2.05) is 68.4 Å². The van der Waals surface area contributed by atoms with Gasteiger partial charge in [0, 0.05) is 34.0 Å². The molecular weight excluding hydrogens is 486 g/mol. The van der Waals surface area contributed by atoms with E-state index in [-0.39, 0.29) is 17.2 Å². The van der Waals surface area contributed by atoms with E-state index < -0.39 is 16.1 Å². The standard InChI is InChI=1S/C29H25N3O4S/c1-19-14-15-26(20(2)16-19)31-29(34)27(21-8-4-3-5-9-21)37-25-13-7-11-23(18-25)30-28(33)22-10-6-12-24(17-22)32(35)36/h3-18,27H,1-2H3,(H,30,33)(H,31,34). The predicted molar refractivity (Wildman–Crippen MR) is 147 cm³/mol. The number of hydrogen-bond acceptors (Lipinski definition) is 5. The van der Waals surface area contributed by atoms with Crippen LogP contribution in [0.4, 0.5) is 17.1 Å². The fourth-order valence-corrected chi connectivity index (χ4v) is 4.88. The molecule has 1 atom stereocenters. The summed E-state index contributed by atoms with van der Waals surface area (Å²) in [6.45, 7) is 3.97. The highest BCUT2D eigenvalue weighted by atomic mass is 32.2. The van der Waals surface area contributed by atoms with Gasteiger partial charge >= 0.3 is 0 Å². The van der Waals surface area contributed by atoms with Crippen molar-refractivity contribution >= 4 is 40.6 Å². The number of benzene rings is 4. The molecule has 0 heterocycles. The second kappa shape index (κ2) is 11.5. The summed E-state index contributed by atoms with van der Waals surface area (Å²) >= 11 is 1.37. The van der Waals surface area contributed by atoms with Gasteiger partial charge in [-0.05, 0) is 55.3 Å². The summed E-state index contributed by atoms with van der Waals surface area (Å²) in [4.78, 5) is 37.4. The highest BCUT2D eigenvalue weighted by Gasteiger charge is 2.23. The van der Waals surface area contributed by atoms with Crippen LogP contribution in [-0.4, -0.2) is 16.7 Å². The number of nitrogens with one attached hydrogen (secondary N) is 2. The van der Waals surface area contributed by atoms with Gasteiger partial charge in [-0.25, -0.2) is 0 Å². The van der Waals surface area contributed by atoms with E-state index in [9.17, 15) is 19.7 Å². The van der Waals surface area contributed by atoms with Gasteiger partial charge in [0.15, 0.2) is 0 Å². The van der Waals surface area contributed by atoms with E-state index in [1.54, 1.807) is 18.2 Å². The zero-order chi connectivity index (χ0) is 26.4. The van der Waals surface area contributed by atoms with Crippen molar-refractivity contribution in [3.8, 4) is 0 Å². The molecule has 0 aliphatic rings. The molecule has 0 aliphatic heterocycles. The van der Waals surface area contributed by atoms with E-state index in [4.69, 9.17) is 0 Å². The lowest BCUT2D eigenvalue weighted by Gasteiger charge is -2.18. The van der Waals surface area contributed by atoms with Crippen molar-refractivity contribution in [1.29, 1.82) is 0 Å². The van der Waals surface area contributed by atoms with Crippen LogP contribution in [0.15, 0.2) is 102 Å². The minimum Gasteiger partial charge on any atom is -0.325 e. The molecule has 2 N–H and O–H groups in total. The number of non-ortho nitro benzene ring substituents is 1. The maximum Gasteiger partial charge on any atom is 0.270 e. The number of nitro benzene ring substituents is 1. The van der Waals surface area contributed by atoms with Crippen molar-refractivity contribution in [2.45, 2.75) is 24.0 Å². The van der Waals surface area contributed by atoms with Crippen LogP contribution in [0.25, 0.3) is 0 Å². The number of carbonyl (C=O) groups is 2. The quantitative estimate of drug-likeness (QED) is 0.152. The van der Waals surface area contributed by atoms with Crippen LogP contribution < -0.4 is 10.6 Å². The Morgan fingerprint density at radius 3 is 2.32 bits per heavy atom. The number of nitro groups is 1. The molecule has 1 unspecified atom stereocenters. The zero-order valence-corrected chi connectivity index (χ0v) is 21.1. The molecule has 2 amide bonds. The molecule has 4 aromatic carbocycles. The van der Waals surface area contributed by atoms with Gasteiger partial charge in [-0.3, -0.25) is 19.7 Å². The van der Waals surface area contributed by atoms with Gasteiger partial charge < -0.3 is 10.6 Å². The number of nitrogens with zero attached hydrogens (tertiary/aromatic N) is 1. The van der Waals surface area contributed by atoms with Gasteiger partial charge in [0.25, 0.3) is 11.6 Å². The lowest BCUT2D eigenvalue weighted by Crippen LogP contribution is -2.19. The van der Waals surface area contributed by atoms with E-state index in [0.29, 0.717) is 5.69 Å². The third-order valence-electron chi connectivity index (χ3n) is 5.65. The average molecular weight is 512 g/mol. The van der Waals surface area contributed by atoms with Crippen LogP contribution in [0.1, 0.15) is 32.3 Å².